The maximum atomic E-state index is 11.5. The van der Waals surface area contributed by atoms with Crippen molar-refractivity contribution in [1.82, 2.24) is 14.4 Å². The molecule has 4 nitrogen and oxygen atoms in total. The van der Waals surface area contributed by atoms with E-state index in [1.165, 1.54) is 6.07 Å². The zero-order valence-electron chi connectivity index (χ0n) is 9.95. The van der Waals surface area contributed by atoms with Crippen LogP contribution in [0.4, 0.5) is 0 Å². The van der Waals surface area contributed by atoms with Gasteiger partial charge in [-0.25, -0.2) is 0 Å². The largest absolute Gasteiger partial charge is 0.300 e. The molecule has 0 bridgehead atoms. The molecule has 4 aromatic rings. The number of nitrogens with zero attached hydrogens (tertiary/aromatic N) is 3. The first-order valence-electron chi connectivity index (χ1n) is 5.99. The fourth-order valence-corrected chi connectivity index (χ4v) is 2.47. The van der Waals surface area contributed by atoms with Crippen LogP contribution in [0.15, 0.2) is 59.7 Å². The fourth-order valence-electron chi connectivity index (χ4n) is 2.47. The van der Waals surface area contributed by atoms with Crippen molar-refractivity contribution in [3.8, 4) is 0 Å². The van der Waals surface area contributed by atoms with Crippen LogP contribution in [-0.2, 0) is 0 Å². The summed E-state index contributed by atoms with van der Waals surface area (Å²) in [7, 11) is 0. The Balaban J connectivity index is 2.47. The molecule has 3 aromatic heterocycles. The highest BCUT2D eigenvalue weighted by atomic mass is 16.1. The van der Waals surface area contributed by atoms with Gasteiger partial charge in [0.2, 0.25) is 0 Å². The molecule has 0 aliphatic heterocycles. The standard InChI is InChI=1S/C15H9N3O/c19-13-7-9-18-12-6-2-1-4-10(12)14-11(15(18)17-13)5-3-8-16-14/h1-9H. The molecule has 0 spiro atoms. The maximum absolute atomic E-state index is 11.5. The van der Waals surface area contributed by atoms with Crippen LogP contribution in [-0.4, -0.2) is 14.4 Å². The second-order valence-electron chi connectivity index (χ2n) is 4.38. The average molecular weight is 247 g/mol. The summed E-state index contributed by atoms with van der Waals surface area (Å²) < 4.78 is 1.93. The van der Waals surface area contributed by atoms with E-state index in [-0.39, 0.29) is 5.56 Å². The van der Waals surface area contributed by atoms with Crippen molar-refractivity contribution >= 4 is 27.5 Å². The third kappa shape index (κ3) is 1.37. The molecule has 0 saturated heterocycles. The summed E-state index contributed by atoms with van der Waals surface area (Å²) in [6.45, 7) is 0. The molecule has 90 valence electrons. The van der Waals surface area contributed by atoms with Gasteiger partial charge < -0.3 is 4.40 Å². The predicted octanol–water partition coefficient (Wildman–Crippen LogP) is 2.40. The Labute approximate surface area is 108 Å². The Kier molecular flexibility index (Phi) is 1.94. The summed E-state index contributed by atoms with van der Waals surface area (Å²) >= 11 is 0. The van der Waals surface area contributed by atoms with Crippen molar-refractivity contribution in [1.29, 1.82) is 0 Å². The Morgan fingerprint density at radius 1 is 0.947 bits per heavy atom. The first kappa shape index (κ1) is 10.2. The highest BCUT2D eigenvalue weighted by molar-refractivity contribution is 6.09. The number of rotatable bonds is 0. The van der Waals surface area contributed by atoms with Crippen molar-refractivity contribution in [3.05, 3.63) is 65.2 Å². The minimum atomic E-state index is -0.236. The Morgan fingerprint density at radius 3 is 2.74 bits per heavy atom. The van der Waals surface area contributed by atoms with Gasteiger partial charge in [-0.1, -0.05) is 18.2 Å². The van der Waals surface area contributed by atoms with Crippen LogP contribution in [0.5, 0.6) is 0 Å². The van der Waals surface area contributed by atoms with E-state index in [4.69, 9.17) is 0 Å². The number of para-hydroxylation sites is 1. The van der Waals surface area contributed by atoms with Crippen molar-refractivity contribution in [2.24, 2.45) is 0 Å². The van der Waals surface area contributed by atoms with E-state index in [0.717, 1.165) is 21.8 Å². The third-order valence-corrected chi connectivity index (χ3v) is 3.28. The van der Waals surface area contributed by atoms with Gasteiger partial charge in [0.15, 0.2) is 5.65 Å². The Hall–Kier alpha value is -2.75. The number of benzene rings is 1. The van der Waals surface area contributed by atoms with E-state index < -0.39 is 0 Å². The van der Waals surface area contributed by atoms with Crippen LogP contribution < -0.4 is 5.56 Å². The van der Waals surface area contributed by atoms with Crippen LogP contribution in [0.1, 0.15) is 0 Å². The van der Waals surface area contributed by atoms with Crippen molar-refractivity contribution in [2.45, 2.75) is 0 Å². The lowest BCUT2D eigenvalue weighted by Gasteiger charge is -2.09. The number of aromatic nitrogens is 3. The van der Waals surface area contributed by atoms with E-state index in [2.05, 4.69) is 9.97 Å². The molecule has 3 heterocycles. The molecule has 0 amide bonds. The quantitative estimate of drug-likeness (QED) is 0.448. The molecule has 0 saturated carbocycles. The molecule has 0 fully saturated rings. The molecule has 4 rings (SSSR count). The molecule has 0 aliphatic carbocycles. The summed E-state index contributed by atoms with van der Waals surface area (Å²) in [5.41, 5.74) is 2.28. The van der Waals surface area contributed by atoms with E-state index in [9.17, 15) is 4.79 Å². The minimum absolute atomic E-state index is 0.236. The molecule has 0 aliphatic rings. The average Bonchev–Trinajstić information content (AvgIpc) is 2.47. The highest BCUT2D eigenvalue weighted by Crippen LogP contribution is 2.25. The summed E-state index contributed by atoms with van der Waals surface area (Å²) in [4.78, 5) is 20.1. The maximum Gasteiger partial charge on any atom is 0.273 e. The SMILES string of the molecule is O=c1ccn2c3ccccc3c3ncccc3c2n1. The van der Waals surface area contributed by atoms with Crippen LogP contribution in [0.3, 0.4) is 0 Å². The van der Waals surface area contributed by atoms with Gasteiger partial charge in [-0.05, 0) is 18.2 Å². The molecule has 0 atom stereocenters. The van der Waals surface area contributed by atoms with Crippen LogP contribution in [0, 0.1) is 0 Å². The number of fused-ring (bicyclic) bond motifs is 6. The van der Waals surface area contributed by atoms with E-state index in [1.807, 2.05) is 40.8 Å². The normalized spacial score (nSPS) is 11.4. The molecule has 0 unspecified atom stereocenters. The Morgan fingerprint density at radius 2 is 1.79 bits per heavy atom. The van der Waals surface area contributed by atoms with Gasteiger partial charge in [0, 0.05) is 29.2 Å². The van der Waals surface area contributed by atoms with Gasteiger partial charge in [-0.15, -0.1) is 0 Å². The van der Waals surface area contributed by atoms with E-state index in [1.54, 1.807) is 12.4 Å². The minimum Gasteiger partial charge on any atom is -0.300 e. The summed E-state index contributed by atoms with van der Waals surface area (Å²) in [6.07, 6.45) is 3.52. The van der Waals surface area contributed by atoms with Gasteiger partial charge in [0.05, 0.1) is 11.0 Å². The first-order valence-corrected chi connectivity index (χ1v) is 5.99. The molecular formula is C15H9N3O. The Bertz CT molecular complexity index is 953. The van der Waals surface area contributed by atoms with Gasteiger partial charge in [0.25, 0.3) is 5.56 Å². The second-order valence-corrected chi connectivity index (χ2v) is 4.38. The summed E-state index contributed by atoms with van der Waals surface area (Å²) in [5, 5.41) is 1.94. The van der Waals surface area contributed by atoms with Crippen molar-refractivity contribution in [3.63, 3.8) is 0 Å². The van der Waals surface area contributed by atoms with Crippen LogP contribution >= 0.6 is 0 Å². The molecule has 19 heavy (non-hydrogen) atoms. The van der Waals surface area contributed by atoms with E-state index in [0.29, 0.717) is 5.65 Å². The van der Waals surface area contributed by atoms with Crippen LogP contribution in [0.25, 0.3) is 27.5 Å². The van der Waals surface area contributed by atoms with Gasteiger partial charge in [-0.2, -0.15) is 4.98 Å². The third-order valence-electron chi connectivity index (χ3n) is 3.28. The zero-order chi connectivity index (χ0) is 12.8. The summed E-state index contributed by atoms with van der Waals surface area (Å²) in [6, 6.07) is 13.3. The lowest BCUT2D eigenvalue weighted by atomic mass is 10.1. The van der Waals surface area contributed by atoms with Gasteiger partial charge in [0.1, 0.15) is 0 Å². The van der Waals surface area contributed by atoms with Crippen molar-refractivity contribution in [2.75, 3.05) is 0 Å². The van der Waals surface area contributed by atoms with Crippen LogP contribution in [0.2, 0.25) is 0 Å². The fraction of sp³-hybridized carbons (Fsp3) is 0. The topological polar surface area (TPSA) is 47.3 Å². The summed E-state index contributed by atoms with van der Waals surface area (Å²) in [5.74, 6) is 0. The number of pyridine rings is 2. The van der Waals surface area contributed by atoms with Gasteiger partial charge >= 0.3 is 0 Å². The predicted molar refractivity (Wildman–Crippen MR) is 74.3 cm³/mol. The lowest BCUT2D eigenvalue weighted by molar-refractivity contribution is 1.12. The first-order chi connectivity index (χ1) is 9.34. The molecule has 1 aromatic carbocycles. The number of hydrogen-bond donors (Lipinski definition) is 0. The molecule has 0 radical (unpaired) electrons. The lowest BCUT2D eigenvalue weighted by Crippen LogP contribution is -2.08. The monoisotopic (exact) mass is 247 g/mol. The van der Waals surface area contributed by atoms with E-state index >= 15 is 0 Å². The molecular weight excluding hydrogens is 238 g/mol. The number of hydrogen-bond acceptors (Lipinski definition) is 3. The zero-order valence-corrected chi connectivity index (χ0v) is 9.95. The highest BCUT2D eigenvalue weighted by Gasteiger charge is 2.08. The van der Waals surface area contributed by atoms with Gasteiger partial charge in [-0.3, -0.25) is 9.78 Å². The second kappa shape index (κ2) is 3.62. The molecule has 0 N–H and O–H groups in total. The van der Waals surface area contributed by atoms with Crippen molar-refractivity contribution < 1.29 is 0 Å². The smallest absolute Gasteiger partial charge is 0.273 e. The molecule has 4 heteroatoms.